The monoisotopic (exact) mass is 262 g/mol. The zero-order chi connectivity index (χ0) is 12.9. The Kier molecular flexibility index (Phi) is 5.55. The fourth-order valence-corrected chi connectivity index (χ4v) is 2.84. The maximum Gasteiger partial charge on any atom is 0.227 e. The normalized spacial score (nSPS) is 22.8. The Balaban J connectivity index is 2.57. The molecule has 2 atom stereocenters. The summed E-state index contributed by atoms with van der Waals surface area (Å²) in [5.74, 6) is 0.448. The molecule has 5 nitrogen and oxygen atoms in total. The first kappa shape index (κ1) is 14.6. The lowest BCUT2D eigenvalue weighted by atomic mass is 9.79. The Morgan fingerprint density at radius 2 is 2.12 bits per heavy atom. The number of hydrogen-bond acceptors (Lipinski definition) is 4. The quantitative estimate of drug-likeness (QED) is 0.708. The molecule has 0 spiro atoms. The van der Waals surface area contributed by atoms with Crippen molar-refractivity contribution in [3.8, 4) is 0 Å². The Morgan fingerprint density at radius 3 is 2.59 bits per heavy atom. The molecule has 0 aliphatic carbocycles. The molecular formula is C11H22N2O3S. The molecule has 0 bridgehead atoms. The Morgan fingerprint density at radius 1 is 1.53 bits per heavy atom. The topological polar surface area (TPSA) is 81.4 Å². The first-order valence-corrected chi connectivity index (χ1v) is 7.62. The lowest BCUT2D eigenvalue weighted by Crippen LogP contribution is -2.52. The molecule has 17 heavy (non-hydrogen) atoms. The van der Waals surface area contributed by atoms with Crippen LogP contribution in [-0.2, 0) is 20.3 Å². The van der Waals surface area contributed by atoms with E-state index in [2.05, 4.69) is 5.32 Å². The highest BCUT2D eigenvalue weighted by molar-refractivity contribution is 7.84. The van der Waals surface area contributed by atoms with Crippen molar-refractivity contribution in [2.24, 2.45) is 11.1 Å². The van der Waals surface area contributed by atoms with Gasteiger partial charge < -0.3 is 15.8 Å². The van der Waals surface area contributed by atoms with E-state index in [-0.39, 0.29) is 11.9 Å². The molecule has 1 saturated heterocycles. The van der Waals surface area contributed by atoms with Gasteiger partial charge in [0.2, 0.25) is 5.91 Å². The van der Waals surface area contributed by atoms with Crippen molar-refractivity contribution < 1.29 is 13.7 Å². The molecule has 1 amide bonds. The largest absolute Gasteiger partial charge is 0.381 e. The molecule has 0 aromatic heterocycles. The van der Waals surface area contributed by atoms with Crippen LogP contribution < -0.4 is 11.1 Å². The van der Waals surface area contributed by atoms with Gasteiger partial charge in [0, 0.05) is 48.6 Å². The average molecular weight is 262 g/mol. The number of nitrogens with one attached hydrogen (secondary N) is 1. The van der Waals surface area contributed by atoms with Crippen LogP contribution in [-0.4, -0.2) is 47.9 Å². The first-order valence-electron chi connectivity index (χ1n) is 5.89. The fourth-order valence-electron chi connectivity index (χ4n) is 2.06. The molecule has 0 aromatic carbocycles. The molecule has 0 aromatic rings. The van der Waals surface area contributed by atoms with Gasteiger partial charge in [-0.1, -0.05) is 0 Å². The molecule has 1 fully saturated rings. The zero-order valence-corrected chi connectivity index (χ0v) is 11.3. The van der Waals surface area contributed by atoms with E-state index in [9.17, 15) is 9.00 Å². The number of carbonyl (C=O) groups excluding carboxylic acids is 1. The van der Waals surface area contributed by atoms with Crippen LogP contribution in [0.25, 0.3) is 0 Å². The van der Waals surface area contributed by atoms with Gasteiger partial charge in [0.15, 0.2) is 0 Å². The van der Waals surface area contributed by atoms with Gasteiger partial charge >= 0.3 is 0 Å². The number of carbonyl (C=O) groups is 1. The maximum atomic E-state index is 12.2. The molecule has 0 radical (unpaired) electrons. The Hall–Kier alpha value is -0.460. The van der Waals surface area contributed by atoms with E-state index in [1.807, 2.05) is 6.92 Å². The van der Waals surface area contributed by atoms with Crippen molar-refractivity contribution in [1.82, 2.24) is 5.32 Å². The predicted molar refractivity (Wildman–Crippen MR) is 68.1 cm³/mol. The number of hydrogen-bond donors (Lipinski definition) is 2. The van der Waals surface area contributed by atoms with Gasteiger partial charge in [0.1, 0.15) is 0 Å². The van der Waals surface area contributed by atoms with Crippen LogP contribution in [0.2, 0.25) is 0 Å². The van der Waals surface area contributed by atoms with Gasteiger partial charge in [0.25, 0.3) is 0 Å². The van der Waals surface area contributed by atoms with Crippen molar-refractivity contribution in [2.45, 2.75) is 25.8 Å². The van der Waals surface area contributed by atoms with Gasteiger partial charge in [-0.2, -0.15) is 0 Å². The number of amides is 1. The minimum Gasteiger partial charge on any atom is -0.381 e. The molecule has 6 heteroatoms. The molecular weight excluding hydrogens is 240 g/mol. The summed E-state index contributed by atoms with van der Waals surface area (Å²) in [6.45, 7) is 3.37. The van der Waals surface area contributed by atoms with E-state index >= 15 is 0 Å². The summed E-state index contributed by atoms with van der Waals surface area (Å²) < 4.78 is 16.3. The highest BCUT2D eigenvalue weighted by atomic mass is 32.2. The summed E-state index contributed by atoms with van der Waals surface area (Å²) in [6.07, 6.45) is 2.96. The number of ether oxygens (including phenoxy) is 1. The lowest BCUT2D eigenvalue weighted by molar-refractivity contribution is -0.136. The summed E-state index contributed by atoms with van der Waals surface area (Å²) in [5.41, 5.74) is 5.24. The van der Waals surface area contributed by atoms with Crippen molar-refractivity contribution in [3.63, 3.8) is 0 Å². The van der Waals surface area contributed by atoms with Crippen molar-refractivity contribution >= 4 is 16.7 Å². The maximum absolute atomic E-state index is 12.2. The van der Waals surface area contributed by atoms with Gasteiger partial charge in [0.05, 0.1) is 5.41 Å². The van der Waals surface area contributed by atoms with E-state index in [1.165, 1.54) is 0 Å². The Labute approximate surface area is 105 Å². The number of rotatable bonds is 5. The standard InChI is InChI=1S/C11H22N2O3S/c1-9(7-17(2)15)13-10(14)11(8-12)3-5-16-6-4-11/h9H,3-8,12H2,1-2H3,(H,13,14). The minimum absolute atomic E-state index is 0.0266. The SMILES string of the molecule is CC(CS(C)=O)NC(=O)C1(CN)CCOCC1. The molecule has 1 aliphatic rings. The zero-order valence-electron chi connectivity index (χ0n) is 10.5. The van der Waals surface area contributed by atoms with Crippen LogP contribution in [0.1, 0.15) is 19.8 Å². The Bertz CT molecular complexity index is 290. The van der Waals surface area contributed by atoms with Gasteiger partial charge in [-0.3, -0.25) is 9.00 Å². The predicted octanol–water partition coefficient (Wildman–Crippen LogP) is -0.375. The molecule has 2 unspecified atom stereocenters. The van der Waals surface area contributed by atoms with E-state index in [0.717, 1.165) is 0 Å². The molecule has 3 N–H and O–H groups in total. The van der Waals surface area contributed by atoms with Crippen LogP contribution in [0, 0.1) is 5.41 Å². The van der Waals surface area contributed by atoms with Crippen LogP contribution >= 0.6 is 0 Å². The van der Waals surface area contributed by atoms with Crippen molar-refractivity contribution in [2.75, 3.05) is 31.8 Å². The summed E-state index contributed by atoms with van der Waals surface area (Å²) in [4.78, 5) is 12.2. The molecule has 1 rings (SSSR count). The van der Waals surface area contributed by atoms with E-state index in [4.69, 9.17) is 10.5 Å². The summed E-state index contributed by atoms with van der Waals surface area (Å²) in [6, 6.07) is -0.0837. The first-order chi connectivity index (χ1) is 8.00. The third-order valence-corrected chi connectivity index (χ3v) is 4.15. The van der Waals surface area contributed by atoms with Crippen LogP contribution in [0.15, 0.2) is 0 Å². The van der Waals surface area contributed by atoms with E-state index in [1.54, 1.807) is 6.26 Å². The summed E-state index contributed by atoms with van der Waals surface area (Å²) in [7, 11) is -0.903. The smallest absolute Gasteiger partial charge is 0.227 e. The van der Waals surface area contributed by atoms with Crippen LogP contribution in [0.4, 0.5) is 0 Å². The minimum atomic E-state index is -0.903. The number of nitrogens with two attached hydrogens (primary N) is 1. The fraction of sp³-hybridized carbons (Fsp3) is 0.909. The van der Waals surface area contributed by atoms with Crippen LogP contribution in [0.5, 0.6) is 0 Å². The third kappa shape index (κ3) is 4.04. The van der Waals surface area contributed by atoms with E-state index < -0.39 is 16.2 Å². The molecule has 100 valence electrons. The highest BCUT2D eigenvalue weighted by Gasteiger charge is 2.39. The summed E-state index contributed by atoms with van der Waals surface area (Å²) >= 11 is 0. The molecule has 0 saturated carbocycles. The highest BCUT2D eigenvalue weighted by Crippen LogP contribution is 2.29. The summed E-state index contributed by atoms with van der Waals surface area (Å²) in [5, 5.41) is 2.91. The lowest BCUT2D eigenvalue weighted by Gasteiger charge is -2.35. The second kappa shape index (κ2) is 6.47. The second-order valence-electron chi connectivity index (χ2n) is 4.71. The van der Waals surface area contributed by atoms with Crippen molar-refractivity contribution in [1.29, 1.82) is 0 Å². The van der Waals surface area contributed by atoms with Gasteiger partial charge in [-0.15, -0.1) is 0 Å². The van der Waals surface area contributed by atoms with Crippen molar-refractivity contribution in [3.05, 3.63) is 0 Å². The van der Waals surface area contributed by atoms with Gasteiger partial charge in [-0.25, -0.2) is 0 Å². The third-order valence-electron chi connectivity index (χ3n) is 3.18. The van der Waals surface area contributed by atoms with Gasteiger partial charge in [-0.05, 0) is 19.8 Å². The molecule has 1 aliphatic heterocycles. The van der Waals surface area contributed by atoms with Crippen LogP contribution in [0.3, 0.4) is 0 Å². The van der Waals surface area contributed by atoms with E-state index in [0.29, 0.717) is 38.4 Å². The molecule has 1 heterocycles. The second-order valence-corrected chi connectivity index (χ2v) is 6.19. The average Bonchev–Trinajstić information content (AvgIpc) is 2.28.